The van der Waals surface area contributed by atoms with Gasteiger partial charge in [0.05, 0.1) is 16.3 Å². The third-order valence-corrected chi connectivity index (χ3v) is 7.36. The monoisotopic (exact) mass is 441 g/mol. The third kappa shape index (κ3) is 4.37. The number of amides is 2. The number of rotatable bonds is 5. The van der Waals surface area contributed by atoms with Gasteiger partial charge in [0.1, 0.15) is 0 Å². The van der Waals surface area contributed by atoms with E-state index in [0.717, 1.165) is 0 Å². The number of anilines is 3. The molecule has 3 aromatic rings. The Hall–Kier alpha value is -3.17. The first-order valence-electron chi connectivity index (χ1n) is 9.29. The van der Waals surface area contributed by atoms with Crippen molar-refractivity contribution in [3.05, 3.63) is 76.5 Å². The van der Waals surface area contributed by atoms with Crippen LogP contribution < -0.4 is 14.9 Å². The molecule has 7 nitrogen and oxygen atoms in total. The molecule has 0 radical (unpaired) electrons. The highest BCUT2D eigenvalue weighted by Gasteiger charge is 2.28. The molecule has 0 atom stereocenters. The van der Waals surface area contributed by atoms with Crippen LogP contribution in [0.1, 0.15) is 26.5 Å². The highest BCUT2D eigenvalue weighted by atomic mass is 32.2. The lowest BCUT2D eigenvalue weighted by atomic mass is 10.1. The summed E-state index contributed by atoms with van der Waals surface area (Å²) in [5.41, 5.74) is 1.91. The standard InChI is InChI=1S/C21H19N3O4S2/c25-20(15-5-1-8-18(13-15)24-10-4-12-30(24,27)28)22-16-6-2-7-17(14-16)23-21(26)19-9-3-11-29-19/h1-3,5-9,11,13-14H,4,10,12H2,(H,22,25)(H,23,26). The summed E-state index contributed by atoms with van der Waals surface area (Å²) >= 11 is 1.35. The highest BCUT2D eigenvalue weighted by molar-refractivity contribution is 7.93. The average molecular weight is 442 g/mol. The topological polar surface area (TPSA) is 95.6 Å². The van der Waals surface area contributed by atoms with Crippen LogP contribution in [0.25, 0.3) is 0 Å². The largest absolute Gasteiger partial charge is 0.322 e. The van der Waals surface area contributed by atoms with E-state index in [-0.39, 0.29) is 17.6 Å². The zero-order valence-electron chi connectivity index (χ0n) is 15.9. The molecular formula is C21H19N3O4S2. The fourth-order valence-electron chi connectivity index (χ4n) is 3.21. The molecule has 0 aliphatic carbocycles. The molecule has 0 bridgehead atoms. The molecule has 2 aromatic carbocycles. The second-order valence-electron chi connectivity index (χ2n) is 6.76. The number of carbonyl (C=O) groups is 2. The Morgan fingerprint density at radius 3 is 2.30 bits per heavy atom. The van der Waals surface area contributed by atoms with Crippen molar-refractivity contribution in [3.8, 4) is 0 Å². The molecule has 1 aliphatic rings. The van der Waals surface area contributed by atoms with Gasteiger partial charge in [-0.05, 0) is 54.3 Å². The Labute approximate surface area is 178 Å². The molecule has 2 amide bonds. The van der Waals surface area contributed by atoms with Crippen LogP contribution in [-0.4, -0.2) is 32.5 Å². The van der Waals surface area contributed by atoms with Crippen LogP contribution in [0.3, 0.4) is 0 Å². The van der Waals surface area contributed by atoms with Crippen molar-refractivity contribution in [1.82, 2.24) is 0 Å². The van der Waals surface area contributed by atoms with E-state index in [1.54, 1.807) is 60.7 Å². The molecule has 0 saturated carbocycles. The van der Waals surface area contributed by atoms with Gasteiger partial charge in [0.15, 0.2) is 0 Å². The van der Waals surface area contributed by atoms with E-state index in [9.17, 15) is 18.0 Å². The van der Waals surface area contributed by atoms with Gasteiger partial charge >= 0.3 is 0 Å². The Bertz CT molecular complexity index is 1190. The lowest BCUT2D eigenvalue weighted by Crippen LogP contribution is -2.25. The van der Waals surface area contributed by atoms with Crippen molar-refractivity contribution in [2.75, 3.05) is 27.2 Å². The van der Waals surface area contributed by atoms with Gasteiger partial charge in [-0.25, -0.2) is 8.42 Å². The minimum absolute atomic E-state index is 0.118. The normalized spacial score (nSPS) is 15.0. The summed E-state index contributed by atoms with van der Waals surface area (Å²) in [7, 11) is -3.32. The summed E-state index contributed by atoms with van der Waals surface area (Å²) in [6.45, 7) is 0.416. The van der Waals surface area contributed by atoms with Crippen molar-refractivity contribution in [3.63, 3.8) is 0 Å². The maximum Gasteiger partial charge on any atom is 0.265 e. The lowest BCUT2D eigenvalue weighted by molar-refractivity contribution is 0.102. The number of nitrogens with zero attached hydrogens (tertiary/aromatic N) is 1. The summed E-state index contributed by atoms with van der Waals surface area (Å²) in [6.07, 6.45) is 0.572. The van der Waals surface area contributed by atoms with E-state index in [1.165, 1.54) is 15.6 Å². The number of carbonyl (C=O) groups excluding carboxylic acids is 2. The molecule has 1 aromatic heterocycles. The molecule has 1 saturated heterocycles. The zero-order chi connectivity index (χ0) is 21.1. The second kappa shape index (κ2) is 8.29. The first-order valence-corrected chi connectivity index (χ1v) is 11.8. The second-order valence-corrected chi connectivity index (χ2v) is 9.72. The third-order valence-electron chi connectivity index (χ3n) is 4.62. The Kier molecular flexibility index (Phi) is 5.56. The molecule has 4 rings (SSSR count). The fraction of sp³-hybridized carbons (Fsp3) is 0.143. The maximum atomic E-state index is 12.7. The first kappa shape index (κ1) is 20.1. The Balaban J connectivity index is 1.48. The molecule has 30 heavy (non-hydrogen) atoms. The van der Waals surface area contributed by atoms with E-state index in [1.807, 2.05) is 5.38 Å². The summed E-state index contributed by atoms with van der Waals surface area (Å²) in [6, 6.07) is 16.9. The Morgan fingerprint density at radius 2 is 1.63 bits per heavy atom. The van der Waals surface area contributed by atoms with Crippen LogP contribution in [0.2, 0.25) is 0 Å². The quantitative estimate of drug-likeness (QED) is 0.630. The maximum absolute atomic E-state index is 12.7. The predicted octanol–water partition coefficient (Wildman–Crippen LogP) is 3.79. The number of sulfonamides is 1. The number of nitrogens with one attached hydrogen (secondary N) is 2. The van der Waals surface area contributed by atoms with Crippen molar-refractivity contribution in [1.29, 1.82) is 0 Å². The molecule has 0 spiro atoms. The fourth-order valence-corrected chi connectivity index (χ4v) is 5.39. The van der Waals surface area contributed by atoms with E-state index in [0.29, 0.717) is 40.5 Å². The van der Waals surface area contributed by atoms with Crippen LogP contribution in [0.5, 0.6) is 0 Å². The van der Waals surface area contributed by atoms with Gasteiger partial charge < -0.3 is 10.6 Å². The van der Waals surface area contributed by atoms with Gasteiger partial charge in [-0.2, -0.15) is 0 Å². The van der Waals surface area contributed by atoms with Crippen molar-refractivity contribution < 1.29 is 18.0 Å². The minimum atomic E-state index is -3.32. The van der Waals surface area contributed by atoms with Gasteiger partial charge in [-0.15, -0.1) is 11.3 Å². The van der Waals surface area contributed by atoms with Gasteiger partial charge in [-0.1, -0.05) is 18.2 Å². The van der Waals surface area contributed by atoms with Crippen LogP contribution in [0.15, 0.2) is 66.0 Å². The molecular weight excluding hydrogens is 422 g/mol. The van der Waals surface area contributed by atoms with Crippen molar-refractivity contribution in [2.24, 2.45) is 0 Å². The van der Waals surface area contributed by atoms with E-state index >= 15 is 0 Å². The number of benzene rings is 2. The first-order chi connectivity index (χ1) is 14.4. The Morgan fingerprint density at radius 1 is 0.900 bits per heavy atom. The molecule has 0 unspecified atom stereocenters. The van der Waals surface area contributed by atoms with Gasteiger partial charge in [-0.3, -0.25) is 13.9 Å². The summed E-state index contributed by atoms with van der Waals surface area (Å²) in [4.78, 5) is 25.5. The smallest absolute Gasteiger partial charge is 0.265 e. The minimum Gasteiger partial charge on any atom is -0.322 e. The van der Waals surface area contributed by atoms with Gasteiger partial charge in [0, 0.05) is 23.5 Å². The molecule has 1 aliphatic heterocycles. The van der Waals surface area contributed by atoms with Crippen molar-refractivity contribution >= 4 is 50.2 Å². The zero-order valence-corrected chi connectivity index (χ0v) is 17.5. The summed E-state index contributed by atoms with van der Waals surface area (Å²) in [5.74, 6) is -0.462. The number of hydrogen-bond donors (Lipinski definition) is 2. The molecule has 1 fully saturated rings. The molecule has 2 heterocycles. The van der Waals surface area contributed by atoms with Crippen molar-refractivity contribution in [2.45, 2.75) is 6.42 Å². The average Bonchev–Trinajstić information content (AvgIpc) is 3.38. The molecule has 154 valence electrons. The summed E-state index contributed by atoms with van der Waals surface area (Å²) in [5, 5.41) is 7.42. The van der Waals surface area contributed by atoms with E-state index in [4.69, 9.17) is 0 Å². The van der Waals surface area contributed by atoms with Gasteiger partial charge in [0.25, 0.3) is 11.8 Å². The molecule has 9 heteroatoms. The number of thiophene rings is 1. The van der Waals surface area contributed by atoms with Gasteiger partial charge in [0.2, 0.25) is 10.0 Å². The predicted molar refractivity (Wildman–Crippen MR) is 119 cm³/mol. The van der Waals surface area contributed by atoms with Crippen LogP contribution >= 0.6 is 11.3 Å². The lowest BCUT2D eigenvalue weighted by Gasteiger charge is -2.17. The highest BCUT2D eigenvalue weighted by Crippen LogP contribution is 2.25. The van der Waals surface area contributed by atoms with Crippen LogP contribution in [0.4, 0.5) is 17.1 Å². The van der Waals surface area contributed by atoms with Crippen LogP contribution in [0, 0.1) is 0 Å². The van der Waals surface area contributed by atoms with E-state index < -0.39 is 10.0 Å². The molecule has 2 N–H and O–H groups in total. The number of hydrogen-bond acceptors (Lipinski definition) is 5. The SMILES string of the molecule is O=C(Nc1cccc(NC(=O)c2cccs2)c1)c1cccc(N2CCCS2(=O)=O)c1. The van der Waals surface area contributed by atoms with Crippen LogP contribution in [-0.2, 0) is 10.0 Å². The van der Waals surface area contributed by atoms with E-state index in [2.05, 4.69) is 10.6 Å². The summed E-state index contributed by atoms with van der Waals surface area (Å²) < 4.78 is 25.6.